The molecule has 0 unspecified atom stereocenters. The topological polar surface area (TPSA) is 0 Å². The Balaban J connectivity index is 1.44. The van der Waals surface area contributed by atoms with E-state index in [1.165, 1.54) is 70.6 Å². The Bertz CT molecular complexity index is 649. The van der Waals surface area contributed by atoms with E-state index in [0.29, 0.717) is 5.92 Å². The average molecular weight is 383 g/mol. The summed E-state index contributed by atoms with van der Waals surface area (Å²) in [6.07, 6.45) is 17.1. The standard InChI is InChI=1S/C27H39F/c1-3-5-7-21-10-15-24(16-11-21)25-17-12-22(13-18-25)8-9-23-14-19-26(6-4-2)27(28)20-23/h14,19-22,24-25H,3-7,10-13,15-18H2,1-2H3/t21-,22-,24-,25-. The van der Waals surface area contributed by atoms with Gasteiger partial charge in [-0.05, 0) is 80.4 Å². The summed E-state index contributed by atoms with van der Waals surface area (Å²) in [6, 6.07) is 5.53. The van der Waals surface area contributed by atoms with Crippen molar-refractivity contribution in [1.82, 2.24) is 0 Å². The summed E-state index contributed by atoms with van der Waals surface area (Å²) in [5, 5.41) is 0. The minimum atomic E-state index is -0.0908. The lowest BCUT2D eigenvalue weighted by Gasteiger charge is -2.37. The maximum atomic E-state index is 14.1. The van der Waals surface area contributed by atoms with E-state index in [-0.39, 0.29) is 5.82 Å². The first-order valence-corrected chi connectivity index (χ1v) is 12.0. The van der Waals surface area contributed by atoms with Gasteiger partial charge in [0.2, 0.25) is 0 Å². The first-order chi connectivity index (χ1) is 13.7. The van der Waals surface area contributed by atoms with Crippen LogP contribution in [-0.2, 0) is 6.42 Å². The maximum absolute atomic E-state index is 14.1. The van der Waals surface area contributed by atoms with Gasteiger partial charge >= 0.3 is 0 Å². The van der Waals surface area contributed by atoms with Gasteiger partial charge in [-0.25, -0.2) is 4.39 Å². The molecule has 0 atom stereocenters. The van der Waals surface area contributed by atoms with Crippen LogP contribution in [0.1, 0.15) is 102 Å². The van der Waals surface area contributed by atoms with Gasteiger partial charge in [-0.15, -0.1) is 0 Å². The second-order valence-electron chi connectivity index (χ2n) is 9.36. The lowest BCUT2D eigenvalue weighted by Crippen LogP contribution is -2.25. The predicted octanol–water partition coefficient (Wildman–Crippen LogP) is 7.93. The molecule has 1 heteroatoms. The first-order valence-electron chi connectivity index (χ1n) is 12.0. The van der Waals surface area contributed by atoms with Crippen molar-refractivity contribution in [2.75, 3.05) is 0 Å². The number of hydrogen-bond donors (Lipinski definition) is 0. The smallest absolute Gasteiger partial charge is 0.127 e. The summed E-state index contributed by atoms with van der Waals surface area (Å²) in [5.41, 5.74) is 1.66. The van der Waals surface area contributed by atoms with Gasteiger partial charge in [0.05, 0.1) is 0 Å². The molecule has 1 aromatic carbocycles. The monoisotopic (exact) mass is 382 g/mol. The van der Waals surface area contributed by atoms with Gasteiger partial charge in [-0.1, -0.05) is 70.3 Å². The van der Waals surface area contributed by atoms with E-state index in [9.17, 15) is 4.39 Å². The van der Waals surface area contributed by atoms with Crippen LogP contribution < -0.4 is 0 Å². The van der Waals surface area contributed by atoms with Crippen molar-refractivity contribution in [3.05, 3.63) is 35.1 Å². The highest BCUT2D eigenvalue weighted by Gasteiger charge is 2.30. The molecule has 1 aromatic rings. The number of benzene rings is 1. The maximum Gasteiger partial charge on any atom is 0.127 e. The number of aryl methyl sites for hydroxylation is 1. The molecule has 2 aliphatic rings. The Hall–Kier alpha value is -1.29. The van der Waals surface area contributed by atoms with Crippen LogP contribution in [0.3, 0.4) is 0 Å². The summed E-state index contributed by atoms with van der Waals surface area (Å²) in [6.45, 7) is 4.40. The molecule has 2 aliphatic carbocycles. The van der Waals surface area contributed by atoms with Gasteiger partial charge in [-0.2, -0.15) is 0 Å². The van der Waals surface area contributed by atoms with Gasteiger partial charge in [0, 0.05) is 11.5 Å². The van der Waals surface area contributed by atoms with Crippen LogP contribution in [0, 0.1) is 41.3 Å². The van der Waals surface area contributed by atoms with Crippen molar-refractivity contribution in [3.8, 4) is 11.8 Å². The molecule has 0 nitrogen and oxygen atoms in total. The first kappa shape index (κ1) is 21.4. The van der Waals surface area contributed by atoms with Gasteiger partial charge in [0.15, 0.2) is 0 Å². The second kappa shape index (κ2) is 11.0. The molecule has 0 N–H and O–H groups in total. The van der Waals surface area contributed by atoms with Gasteiger partial charge in [0.25, 0.3) is 0 Å². The minimum absolute atomic E-state index is 0.0908. The van der Waals surface area contributed by atoms with Crippen molar-refractivity contribution >= 4 is 0 Å². The van der Waals surface area contributed by atoms with E-state index in [1.54, 1.807) is 6.07 Å². The van der Waals surface area contributed by atoms with Crippen LogP contribution in [-0.4, -0.2) is 0 Å². The lowest BCUT2D eigenvalue weighted by atomic mass is 9.69. The fraction of sp³-hybridized carbons (Fsp3) is 0.704. The Kier molecular flexibility index (Phi) is 8.44. The molecule has 0 heterocycles. The van der Waals surface area contributed by atoms with Crippen LogP contribution >= 0.6 is 0 Å². The molecule has 3 rings (SSSR count). The van der Waals surface area contributed by atoms with Crippen LogP contribution in [0.25, 0.3) is 0 Å². The van der Waals surface area contributed by atoms with Crippen molar-refractivity contribution in [1.29, 1.82) is 0 Å². The fourth-order valence-corrected chi connectivity index (χ4v) is 5.46. The summed E-state index contributed by atoms with van der Waals surface area (Å²) in [4.78, 5) is 0. The molecule has 2 saturated carbocycles. The molecule has 0 bridgehead atoms. The van der Waals surface area contributed by atoms with E-state index in [4.69, 9.17) is 0 Å². The normalized spacial score (nSPS) is 27.8. The average Bonchev–Trinajstić information content (AvgIpc) is 2.73. The zero-order valence-electron chi connectivity index (χ0n) is 18.1. The van der Waals surface area contributed by atoms with Crippen molar-refractivity contribution in [3.63, 3.8) is 0 Å². The summed E-state index contributed by atoms with van der Waals surface area (Å²) >= 11 is 0. The molecule has 0 aliphatic heterocycles. The van der Waals surface area contributed by atoms with E-state index in [1.807, 2.05) is 12.1 Å². The highest BCUT2D eigenvalue weighted by molar-refractivity contribution is 5.37. The zero-order chi connectivity index (χ0) is 19.8. The van der Waals surface area contributed by atoms with Crippen LogP contribution in [0.5, 0.6) is 0 Å². The Labute approximate surface area is 172 Å². The Morgan fingerprint density at radius 3 is 2.18 bits per heavy atom. The lowest BCUT2D eigenvalue weighted by molar-refractivity contribution is 0.153. The van der Waals surface area contributed by atoms with Crippen molar-refractivity contribution < 1.29 is 4.39 Å². The van der Waals surface area contributed by atoms with E-state index in [0.717, 1.165) is 41.7 Å². The molecule has 0 aromatic heterocycles. The number of hydrogen-bond acceptors (Lipinski definition) is 0. The van der Waals surface area contributed by atoms with Crippen LogP contribution in [0.2, 0.25) is 0 Å². The van der Waals surface area contributed by atoms with E-state index < -0.39 is 0 Å². The number of unbranched alkanes of at least 4 members (excludes halogenated alkanes) is 1. The quantitative estimate of drug-likeness (QED) is 0.438. The molecule has 2 fully saturated rings. The molecule has 0 spiro atoms. The molecule has 0 saturated heterocycles. The molecule has 154 valence electrons. The molecular formula is C27H39F. The molecular weight excluding hydrogens is 343 g/mol. The highest BCUT2D eigenvalue weighted by Crippen LogP contribution is 2.42. The fourth-order valence-electron chi connectivity index (χ4n) is 5.46. The third-order valence-electron chi connectivity index (χ3n) is 7.29. The number of halogens is 1. The second-order valence-corrected chi connectivity index (χ2v) is 9.36. The molecule has 0 radical (unpaired) electrons. The van der Waals surface area contributed by atoms with E-state index in [2.05, 4.69) is 25.7 Å². The summed E-state index contributed by atoms with van der Waals surface area (Å²) in [5.74, 6) is 10.1. The van der Waals surface area contributed by atoms with Gasteiger partial charge in [-0.3, -0.25) is 0 Å². The largest absolute Gasteiger partial charge is 0.207 e. The third-order valence-corrected chi connectivity index (χ3v) is 7.29. The zero-order valence-corrected chi connectivity index (χ0v) is 18.1. The minimum Gasteiger partial charge on any atom is -0.207 e. The van der Waals surface area contributed by atoms with E-state index >= 15 is 0 Å². The predicted molar refractivity (Wildman–Crippen MR) is 118 cm³/mol. The highest BCUT2D eigenvalue weighted by atomic mass is 19.1. The van der Waals surface area contributed by atoms with Crippen LogP contribution in [0.4, 0.5) is 4.39 Å². The van der Waals surface area contributed by atoms with Gasteiger partial charge in [0.1, 0.15) is 5.82 Å². The third kappa shape index (κ3) is 6.10. The Morgan fingerprint density at radius 1 is 0.893 bits per heavy atom. The SMILES string of the molecule is CCCC[C@H]1CC[C@H]([C@H]2CC[C@H](C#Cc3ccc(CCC)c(F)c3)CC2)CC1. The van der Waals surface area contributed by atoms with Gasteiger partial charge < -0.3 is 0 Å². The van der Waals surface area contributed by atoms with Crippen molar-refractivity contribution in [2.24, 2.45) is 23.7 Å². The summed E-state index contributed by atoms with van der Waals surface area (Å²) < 4.78 is 14.1. The van der Waals surface area contributed by atoms with Crippen molar-refractivity contribution in [2.45, 2.75) is 97.3 Å². The Morgan fingerprint density at radius 2 is 1.57 bits per heavy atom. The summed E-state index contributed by atoms with van der Waals surface area (Å²) in [7, 11) is 0. The number of rotatable bonds is 6. The molecule has 28 heavy (non-hydrogen) atoms. The van der Waals surface area contributed by atoms with Crippen LogP contribution in [0.15, 0.2) is 18.2 Å². The molecule has 0 amide bonds.